The Morgan fingerprint density at radius 2 is 1.83 bits per heavy atom. The quantitative estimate of drug-likeness (QED) is 0.726. The molecule has 0 fully saturated rings. The van der Waals surface area contributed by atoms with Gasteiger partial charge in [0.25, 0.3) is 0 Å². The van der Waals surface area contributed by atoms with Crippen molar-refractivity contribution in [2.75, 3.05) is 23.7 Å². The van der Waals surface area contributed by atoms with Crippen molar-refractivity contribution in [2.45, 2.75) is 13.3 Å². The Balaban J connectivity index is 1.65. The van der Waals surface area contributed by atoms with Gasteiger partial charge in [-0.05, 0) is 49.2 Å². The van der Waals surface area contributed by atoms with Crippen molar-refractivity contribution in [1.29, 1.82) is 0 Å². The molecule has 23 heavy (non-hydrogen) atoms. The minimum atomic E-state index is -0.283. The van der Waals surface area contributed by atoms with E-state index in [0.29, 0.717) is 11.2 Å². The van der Waals surface area contributed by atoms with Gasteiger partial charge in [0.1, 0.15) is 18.0 Å². The monoisotopic (exact) mass is 310 g/mol. The highest BCUT2D eigenvalue weighted by Crippen LogP contribution is 2.20. The molecule has 0 aliphatic rings. The molecule has 0 aliphatic heterocycles. The smallest absolute Gasteiger partial charge is 0.137 e. The molecular weight excluding hydrogens is 291 g/mol. The third kappa shape index (κ3) is 3.74. The van der Waals surface area contributed by atoms with E-state index in [-0.39, 0.29) is 5.82 Å². The fraction of sp³-hybridized carbons (Fsp3) is 0.222. The molecule has 3 aromatic rings. The summed E-state index contributed by atoms with van der Waals surface area (Å²) in [6.07, 6.45) is 2.36. The Morgan fingerprint density at radius 3 is 2.61 bits per heavy atom. The average Bonchev–Trinajstić information content (AvgIpc) is 2.57. The van der Waals surface area contributed by atoms with Crippen LogP contribution in [0.3, 0.4) is 0 Å². The lowest BCUT2D eigenvalue weighted by Crippen LogP contribution is -2.07. The highest BCUT2D eigenvalue weighted by molar-refractivity contribution is 5.88. The van der Waals surface area contributed by atoms with E-state index >= 15 is 0 Å². The predicted molar refractivity (Wildman–Crippen MR) is 92.3 cm³/mol. The Labute approximate surface area is 134 Å². The maximum atomic E-state index is 13.4. The van der Waals surface area contributed by atoms with Crippen molar-refractivity contribution in [1.82, 2.24) is 9.97 Å². The summed E-state index contributed by atoms with van der Waals surface area (Å²) in [4.78, 5) is 8.37. The number of halogens is 1. The Bertz CT molecular complexity index is 787. The molecule has 2 aromatic carbocycles. The molecule has 0 saturated heterocycles. The molecule has 0 atom stereocenters. The van der Waals surface area contributed by atoms with Crippen LogP contribution in [0.1, 0.15) is 12.5 Å². The summed E-state index contributed by atoms with van der Waals surface area (Å²) >= 11 is 0. The summed E-state index contributed by atoms with van der Waals surface area (Å²) in [5, 5.41) is 7.25. The van der Waals surface area contributed by atoms with Crippen molar-refractivity contribution in [2.24, 2.45) is 0 Å². The number of hydrogen-bond donors (Lipinski definition) is 2. The second kappa shape index (κ2) is 7.05. The van der Waals surface area contributed by atoms with E-state index in [1.165, 1.54) is 24.0 Å². The zero-order chi connectivity index (χ0) is 16.1. The maximum Gasteiger partial charge on any atom is 0.137 e. The second-order valence-corrected chi connectivity index (χ2v) is 5.29. The fourth-order valence-corrected chi connectivity index (χ4v) is 2.49. The molecule has 0 amide bonds. The molecule has 0 unspecified atom stereocenters. The molecule has 1 heterocycles. The van der Waals surface area contributed by atoms with E-state index in [1.54, 1.807) is 6.07 Å². The SMILES string of the molecule is CCNc1ccc(CCNc2ncnc3ccc(F)cc23)cc1. The summed E-state index contributed by atoms with van der Waals surface area (Å²) in [6.45, 7) is 3.72. The molecule has 2 N–H and O–H groups in total. The zero-order valence-corrected chi connectivity index (χ0v) is 13.0. The molecule has 3 rings (SSSR count). The first-order valence-corrected chi connectivity index (χ1v) is 7.73. The highest BCUT2D eigenvalue weighted by Gasteiger charge is 2.04. The molecule has 0 spiro atoms. The summed E-state index contributed by atoms with van der Waals surface area (Å²) in [5.74, 6) is 0.383. The highest BCUT2D eigenvalue weighted by atomic mass is 19.1. The van der Waals surface area contributed by atoms with Crippen molar-refractivity contribution in [3.05, 3.63) is 60.2 Å². The zero-order valence-electron chi connectivity index (χ0n) is 13.0. The van der Waals surface area contributed by atoms with E-state index < -0.39 is 0 Å². The number of nitrogens with one attached hydrogen (secondary N) is 2. The summed E-state index contributed by atoms with van der Waals surface area (Å²) in [6, 6.07) is 12.9. The minimum absolute atomic E-state index is 0.283. The third-order valence-corrected chi connectivity index (χ3v) is 3.64. The van der Waals surface area contributed by atoms with Crippen LogP contribution in [0.5, 0.6) is 0 Å². The van der Waals surface area contributed by atoms with Crippen molar-refractivity contribution >= 4 is 22.4 Å². The van der Waals surface area contributed by atoms with Crippen LogP contribution in [0.2, 0.25) is 0 Å². The predicted octanol–water partition coefficient (Wildman–Crippen LogP) is 3.86. The molecule has 0 bridgehead atoms. The molecule has 118 valence electrons. The van der Waals surface area contributed by atoms with Crippen LogP contribution in [-0.4, -0.2) is 23.1 Å². The largest absolute Gasteiger partial charge is 0.385 e. The van der Waals surface area contributed by atoms with Crippen LogP contribution in [0.4, 0.5) is 15.9 Å². The average molecular weight is 310 g/mol. The van der Waals surface area contributed by atoms with Crippen molar-refractivity contribution in [3.63, 3.8) is 0 Å². The number of hydrogen-bond acceptors (Lipinski definition) is 4. The van der Waals surface area contributed by atoms with Crippen LogP contribution in [0, 0.1) is 5.82 Å². The van der Waals surface area contributed by atoms with Gasteiger partial charge < -0.3 is 10.6 Å². The van der Waals surface area contributed by atoms with Gasteiger partial charge in [0.15, 0.2) is 0 Å². The van der Waals surface area contributed by atoms with Gasteiger partial charge in [-0.25, -0.2) is 14.4 Å². The van der Waals surface area contributed by atoms with Gasteiger partial charge in [-0.15, -0.1) is 0 Å². The number of benzene rings is 2. The number of rotatable bonds is 6. The van der Waals surface area contributed by atoms with Gasteiger partial charge in [0.2, 0.25) is 0 Å². The van der Waals surface area contributed by atoms with E-state index in [0.717, 1.165) is 30.7 Å². The van der Waals surface area contributed by atoms with Gasteiger partial charge in [-0.2, -0.15) is 0 Å². The van der Waals surface area contributed by atoms with Crippen molar-refractivity contribution in [3.8, 4) is 0 Å². The van der Waals surface area contributed by atoms with Gasteiger partial charge >= 0.3 is 0 Å². The Kier molecular flexibility index (Phi) is 4.66. The minimum Gasteiger partial charge on any atom is -0.385 e. The van der Waals surface area contributed by atoms with Gasteiger partial charge in [0, 0.05) is 24.2 Å². The van der Waals surface area contributed by atoms with Gasteiger partial charge in [-0.3, -0.25) is 0 Å². The fourth-order valence-electron chi connectivity index (χ4n) is 2.49. The van der Waals surface area contributed by atoms with E-state index in [1.807, 2.05) is 0 Å². The summed E-state index contributed by atoms with van der Waals surface area (Å²) < 4.78 is 13.4. The first-order valence-electron chi connectivity index (χ1n) is 7.73. The summed E-state index contributed by atoms with van der Waals surface area (Å²) in [5.41, 5.74) is 3.10. The van der Waals surface area contributed by atoms with Crippen LogP contribution >= 0.6 is 0 Å². The van der Waals surface area contributed by atoms with E-state index in [4.69, 9.17) is 0 Å². The van der Waals surface area contributed by atoms with E-state index in [9.17, 15) is 4.39 Å². The molecule has 4 nitrogen and oxygen atoms in total. The molecule has 0 saturated carbocycles. The molecule has 0 aliphatic carbocycles. The first kappa shape index (κ1) is 15.2. The standard InChI is InChI=1S/C18H19FN4/c1-2-20-15-6-3-13(4-7-15)9-10-21-18-16-11-14(19)5-8-17(16)22-12-23-18/h3-8,11-12,20H,2,9-10H2,1H3,(H,21,22,23). The van der Waals surface area contributed by atoms with E-state index in [2.05, 4.69) is 51.8 Å². The topological polar surface area (TPSA) is 49.8 Å². The van der Waals surface area contributed by atoms with Crippen LogP contribution in [0.15, 0.2) is 48.8 Å². The summed E-state index contributed by atoms with van der Waals surface area (Å²) in [7, 11) is 0. The Hall–Kier alpha value is -2.69. The number of anilines is 2. The molecular formula is C18H19FN4. The number of nitrogens with zero attached hydrogens (tertiary/aromatic N) is 2. The molecule has 0 radical (unpaired) electrons. The first-order chi connectivity index (χ1) is 11.3. The van der Waals surface area contributed by atoms with Gasteiger partial charge in [0.05, 0.1) is 5.52 Å². The van der Waals surface area contributed by atoms with Crippen LogP contribution in [0.25, 0.3) is 10.9 Å². The van der Waals surface area contributed by atoms with Crippen LogP contribution in [-0.2, 0) is 6.42 Å². The normalized spacial score (nSPS) is 10.7. The third-order valence-electron chi connectivity index (χ3n) is 3.64. The molecule has 5 heteroatoms. The van der Waals surface area contributed by atoms with Gasteiger partial charge in [-0.1, -0.05) is 12.1 Å². The van der Waals surface area contributed by atoms with Crippen LogP contribution < -0.4 is 10.6 Å². The number of fused-ring (bicyclic) bond motifs is 1. The second-order valence-electron chi connectivity index (χ2n) is 5.29. The lowest BCUT2D eigenvalue weighted by Gasteiger charge is -2.09. The maximum absolute atomic E-state index is 13.4. The lowest BCUT2D eigenvalue weighted by molar-refractivity contribution is 0.629. The lowest BCUT2D eigenvalue weighted by atomic mass is 10.1. The number of aromatic nitrogens is 2. The van der Waals surface area contributed by atoms with Crippen molar-refractivity contribution < 1.29 is 4.39 Å². The Morgan fingerprint density at radius 1 is 1.00 bits per heavy atom. The molecule has 1 aromatic heterocycles.